The number of nitrogens with zero attached hydrogens (tertiary/aromatic N) is 3. The molecule has 2 aromatic heterocycles. The van der Waals surface area contributed by atoms with Crippen molar-refractivity contribution in [1.29, 1.82) is 0 Å². The molecule has 6 nitrogen and oxygen atoms in total. The number of hydrogen-bond donors (Lipinski definition) is 2. The predicted molar refractivity (Wildman–Crippen MR) is 68.0 cm³/mol. The summed E-state index contributed by atoms with van der Waals surface area (Å²) in [5, 5.41) is 6.43. The smallest absolute Gasteiger partial charge is 0.270 e. The van der Waals surface area contributed by atoms with Crippen molar-refractivity contribution in [2.45, 2.75) is 13.0 Å². The third-order valence-corrected chi connectivity index (χ3v) is 2.72. The number of nitrogens with two attached hydrogens (primary N) is 1. The Hall–Kier alpha value is -1.70. The van der Waals surface area contributed by atoms with Crippen molar-refractivity contribution in [1.82, 2.24) is 19.9 Å². The molecule has 2 rings (SSSR count). The summed E-state index contributed by atoms with van der Waals surface area (Å²) in [7, 11) is 0. The van der Waals surface area contributed by atoms with Crippen molar-refractivity contribution in [3.05, 3.63) is 22.3 Å². The number of alkyl halides is 1. The third-order valence-electron chi connectivity index (χ3n) is 2.26. The summed E-state index contributed by atoms with van der Waals surface area (Å²) in [5.41, 5.74) is 6.17. The maximum atomic E-state index is 12.4. The molecule has 0 saturated carbocycles. The zero-order valence-electron chi connectivity index (χ0n) is 9.52. The zero-order chi connectivity index (χ0) is 13.3. The van der Waals surface area contributed by atoms with Crippen LogP contribution in [0.4, 0.5) is 10.3 Å². The fraction of sp³-hybridized carbons (Fsp3) is 0.300. The monoisotopic (exact) mass is 315 g/mol. The van der Waals surface area contributed by atoms with Crippen LogP contribution in [0, 0.1) is 0 Å². The van der Waals surface area contributed by atoms with Crippen molar-refractivity contribution in [3.63, 3.8) is 0 Å². The molecule has 0 aliphatic carbocycles. The molecule has 3 N–H and O–H groups in total. The van der Waals surface area contributed by atoms with E-state index in [1.165, 1.54) is 4.52 Å². The molecule has 2 heterocycles. The Bertz CT molecular complexity index is 599. The minimum Gasteiger partial charge on any atom is -0.366 e. The SMILES string of the molecule is CC(CF)NC(=O)c1cc(Br)cc2nc(N)nn12. The van der Waals surface area contributed by atoms with Gasteiger partial charge in [0, 0.05) is 4.47 Å². The van der Waals surface area contributed by atoms with E-state index in [0.717, 1.165) is 0 Å². The van der Waals surface area contributed by atoms with Gasteiger partial charge in [0.15, 0.2) is 5.65 Å². The molecule has 0 fully saturated rings. The van der Waals surface area contributed by atoms with Crippen molar-refractivity contribution in [3.8, 4) is 0 Å². The van der Waals surface area contributed by atoms with Crippen LogP contribution in [0.25, 0.3) is 5.65 Å². The van der Waals surface area contributed by atoms with Gasteiger partial charge < -0.3 is 11.1 Å². The van der Waals surface area contributed by atoms with Crippen molar-refractivity contribution in [2.75, 3.05) is 12.4 Å². The summed E-state index contributed by atoms with van der Waals surface area (Å²) in [6.07, 6.45) is 0. The number of aromatic nitrogens is 3. The molecule has 0 bridgehead atoms. The van der Waals surface area contributed by atoms with Crippen LogP contribution in [0.3, 0.4) is 0 Å². The Labute approximate surface area is 111 Å². The van der Waals surface area contributed by atoms with E-state index < -0.39 is 18.6 Å². The quantitative estimate of drug-likeness (QED) is 0.890. The number of hydrogen-bond acceptors (Lipinski definition) is 4. The molecule has 96 valence electrons. The number of halogens is 2. The zero-order valence-corrected chi connectivity index (χ0v) is 11.1. The van der Waals surface area contributed by atoms with E-state index in [4.69, 9.17) is 5.73 Å². The van der Waals surface area contributed by atoms with E-state index in [0.29, 0.717) is 10.1 Å². The molecule has 0 aromatic carbocycles. The summed E-state index contributed by atoms with van der Waals surface area (Å²) < 4.78 is 14.4. The molecule has 8 heteroatoms. The van der Waals surface area contributed by atoms with Crippen LogP contribution in [-0.4, -0.2) is 33.2 Å². The topological polar surface area (TPSA) is 85.3 Å². The second kappa shape index (κ2) is 4.89. The number of rotatable bonds is 3. The average Bonchev–Trinajstić information content (AvgIpc) is 2.67. The van der Waals surface area contributed by atoms with Crippen LogP contribution in [-0.2, 0) is 0 Å². The second-order valence-corrected chi connectivity index (χ2v) is 4.74. The van der Waals surface area contributed by atoms with Crippen LogP contribution in [0.2, 0.25) is 0 Å². The molecule has 18 heavy (non-hydrogen) atoms. The van der Waals surface area contributed by atoms with E-state index in [1.54, 1.807) is 19.1 Å². The number of anilines is 1. The Kier molecular flexibility index (Phi) is 3.46. The normalized spacial score (nSPS) is 12.6. The molecule has 1 amide bonds. The van der Waals surface area contributed by atoms with Crippen LogP contribution < -0.4 is 11.1 Å². The van der Waals surface area contributed by atoms with Gasteiger partial charge in [0.1, 0.15) is 12.4 Å². The van der Waals surface area contributed by atoms with E-state index >= 15 is 0 Å². The Morgan fingerprint density at radius 2 is 2.39 bits per heavy atom. The lowest BCUT2D eigenvalue weighted by Gasteiger charge is -2.10. The molecule has 1 atom stereocenters. The van der Waals surface area contributed by atoms with Crippen molar-refractivity contribution in [2.24, 2.45) is 0 Å². The van der Waals surface area contributed by atoms with Gasteiger partial charge in [-0.05, 0) is 19.1 Å². The maximum absolute atomic E-state index is 12.4. The first-order chi connectivity index (χ1) is 8.51. The van der Waals surface area contributed by atoms with Gasteiger partial charge in [-0.15, -0.1) is 5.10 Å². The molecule has 0 aliphatic rings. The largest absolute Gasteiger partial charge is 0.366 e. The van der Waals surface area contributed by atoms with Gasteiger partial charge in [0.25, 0.3) is 5.91 Å². The lowest BCUT2D eigenvalue weighted by Crippen LogP contribution is -2.35. The summed E-state index contributed by atoms with van der Waals surface area (Å²) in [4.78, 5) is 15.9. The molecule has 2 aromatic rings. The summed E-state index contributed by atoms with van der Waals surface area (Å²) >= 11 is 3.27. The van der Waals surface area contributed by atoms with Gasteiger partial charge in [0.05, 0.1) is 6.04 Å². The highest BCUT2D eigenvalue weighted by Crippen LogP contribution is 2.16. The number of pyridine rings is 1. The predicted octanol–water partition coefficient (Wildman–Crippen LogP) is 1.16. The average molecular weight is 316 g/mol. The van der Waals surface area contributed by atoms with Crippen molar-refractivity contribution < 1.29 is 9.18 Å². The van der Waals surface area contributed by atoms with E-state index in [1.807, 2.05) is 0 Å². The molecule has 0 spiro atoms. The number of fused-ring (bicyclic) bond motifs is 1. The molecule has 1 unspecified atom stereocenters. The Morgan fingerprint density at radius 3 is 3.06 bits per heavy atom. The fourth-order valence-electron chi connectivity index (χ4n) is 1.47. The fourth-order valence-corrected chi connectivity index (χ4v) is 1.89. The third kappa shape index (κ3) is 2.42. The summed E-state index contributed by atoms with van der Waals surface area (Å²) in [5.74, 6) is -0.364. The number of carbonyl (C=O) groups is 1. The standard InChI is InChI=1S/C10H11BrFN5O/c1-5(4-12)14-9(18)7-2-6(11)3-8-15-10(13)16-17(7)8/h2-3,5H,4H2,1H3,(H2,13,16)(H,14,18). The van der Waals surface area contributed by atoms with E-state index in [-0.39, 0.29) is 11.6 Å². The van der Waals surface area contributed by atoms with E-state index in [9.17, 15) is 9.18 Å². The van der Waals surface area contributed by atoms with Crippen LogP contribution >= 0.6 is 15.9 Å². The highest BCUT2D eigenvalue weighted by molar-refractivity contribution is 9.10. The lowest BCUT2D eigenvalue weighted by atomic mass is 10.3. The van der Waals surface area contributed by atoms with Crippen LogP contribution in [0.15, 0.2) is 16.6 Å². The molecular formula is C10H11BrFN5O. The first-order valence-electron chi connectivity index (χ1n) is 5.20. The first kappa shape index (κ1) is 12.7. The molecule has 0 radical (unpaired) electrons. The van der Waals surface area contributed by atoms with E-state index in [2.05, 4.69) is 31.3 Å². The molecule has 0 aliphatic heterocycles. The van der Waals surface area contributed by atoms with Gasteiger partial charge in [-0.3, -0.25) is 4.79 Å². The lowest BCUT2D eigenvalue weighted by molar-refractivity contribution is 0.0926. The summed E-state index contributed by atoms with van der Waals surface area (Å²) in [6.45, 7) is 0.936. The minimum absolute atomic E-state index is 0.0701. The molecule has 0 saturated heterocycles. The van der Waals surface area contributed by atoms with Gasteiger partial charge >= 0.3 is 0 Å². The first-order valence-corrected chi connectivity index (χ1v) is 5.99. The number of nitrogen functional groups attached to an aromatic ring is 1. The van der Waals surface area contributed by atoms with Gasteiger partial charge in [-0.25, -0.2) is 8.91 Å². The minimum atomic E-state index is -0.637. The van der Waals surface area contributed by atoms with Crippen LogP contribution in [0.1, 0.15) is 17.4 Å². The maximum Gasteiger partial charge on any atom is 0.270 e. The van der Waals surface area contributed by atoms with Crippen LogP contribution in [0.5, 0.6) is 0 Å². The number of carbonyl (C=O) groups excluding carboxylic acids is 1. The van der Waals surface area contributed by atoms with Crippen molar-refractivity contribution >= 4 is 33.4 Å². The van der Waals surface area contributed by atoms with Gasteiger partial charge in [-0.1, -0.05) is 15.9 Å². The number of nitrogens with one attached hydrogen (secondary N) is 1. The highest BCUT2D eigenvalue weighted by Gasteiger charge is 2.16. The number of amides is 1. The highest BCUT2D eigenvalue weighted by atomic mass is 79.9. The Morgan fingerprint density at radius 1 is 1.67 bits per heavy atom. The molecular weight excluding hydrogens is 305 g/mol. The Balaban J connectivity index is 2.45. The second-order valence-electron chi connectivity index (χ2n) is 3.83. The van der Waals surface area contributed by atoms with Gasteiger partial charge in [0.2, 0.25) is 5.95 Å². The summed E-state index contributed by atoms with van der Waals surface area (Å²) in [6, 6.07) is 2.69. The van der Waals surface area contributed by atoms with Gasteiger partial charge in [-0.2, -0.15) is 4.98 Å².